The highest BCUT2D eigenvalue weighted by Gasteiger charge is 2.63. The van der Waals surface area contributed by atoms with Crippen LogP contribution in [0.2, 0.25) is 10.0 Å². The minimum atomic E-state index is -0.476. The number of amides is 2. The summed E-state index contributed by atoms with van der Waals surface area (Å²) in [6, 6.07) is 23.4. The smallest absolute Gasteiger partial charge is 0.405 e. The van der Waals surface area contributed by atoms with E-state index in [9.17, 15) is 9.59 Å². The van der Waals surface area contributed by atoms with E-state index >= 15 is 0 Å². The molecule has 10 rings (SSSR count). The third kappa shape index (κ3) is 16.6. The number of anilines is 2. The molecule has 4 aliphatic rings. The summed E-state index contributed by atoms with van der Waals surface area (Å²) >= 11 is 15.7. The maximum absolute atomic E-state index is 12.4. The molecule has 0 unspecified atom stereocenters. The lowest BCUT2D eigenvalue weighted by atomic mass is 9.49. The fraction of sp³-hybridized carbons (Fsp3) is 0.474. The summed E-state index contributed by atoms with van der Waals surface area (Å²) in [6.07, 6.45) is 7.98. The maximum atomic E-state index is 12.4. The van der Waals surface area contributed by atoms with Crippen LogP contribution in [-0.4, -0.2) is 144 Å². The van der Waals surface area contributed by atoms with Crippen molar-refractivity contribution in [2.75, 3.05) is 65.0 Å². The first-order valence-electron chi connectivity index (χ1n) is 26.5. The van der Waals surface area contributed by atoms with Crippen LogP contribution in [0.4, 0.5) is 11.9 Å². The number of carbonyl (C=O) groups excluding carboxylic acids is 2. The van der Waals surface area contributed by atoms with Crippen LogP contribution in [0, 0.1) is 6.92 Å². The molecule has 78 heavy (non-hydrogen) atoms. The van der Waals surface area contributed by atoms with E-state index in [4.69, 9.17) is 41.8 Å². The van der Waals surface area contributed by atoms with Gasteiger partial charge >= 0.3 is 14.0 Å². The Morgan fingerprint density at radius 1 is 0.603 bits per heavy atom. The summed E-state index contributed by atoms with van der Waals surface area (Å²) in [6.45, 7) is 21.6. The van der Waals surface area contributed by atoms with E-state index in [0.29, 0.717) is 45.2 Å². The van der Waals surface area contributed by atoms with E-state index in [1.165, 1.54) is 0 Å². The van der Waals surface area contributed by atoms with Crippen LogP contribution < -0.4 is 21.3 Å². The van der Waals surface area contributed by atoms with Gasteiger partial charge in [0.25, 0.3) is 11.8 Å². The number of hydrogen-bond acceptors (Lipinski definition) is 14. The fourth-order valence-corrected chi connectivity index (χ4v) is 8.55. The third-order valence-corrected chi connectivity index (χ3v) is 15.6. The van der Waals surface area contributed by atoms with Gasteiger partial charge in [-0.15, -0.1) is 0 Å². The van der Waals surface area contributed by atoms with Crippen molar-refractivity contribution in [2.24, 2.45) is 0 Å². The Bertz CT molecular complexity index is 3010. The van der Waals surface area contributed by atoms with Gasteiger partial charge in [0.2, 0.25) is 11.9 Å². The number of hydrogen-bond donors (Lipinski definition) is 4. The minimum absolute atomic E-state index is 0.00673. The quantitative estimate of drug-likeness (QED) is 0.0758. The summed E-state index contributed by atoms with van der Waals surface area (Å²) in [5.41, 5.74) is 4.38. The Hall–Kier alpha value is -4.95. The summed E-state index contributed by atoms with van der Waals surface area (Å²) in [7, 11) is 7.19. The summed E-state index contributed by atoms with van der Waals surface area (Å²) < 4.78 is 24.9. The molecule has 4 fully saturated rings. The fourth-order valence-electron chi connectivity index (χ4n) is 7.82. The Labute approximate surface area is 479 Å². The highest BCUT2D eigenvalue weighted by atomic mass is 79.9. The van der Waals surface area contributed by atoms with Crippen molar-refractivity contribution in [1.29, 1.82) is 0 Å². The number of aromatic nitrogens is 4. The molecule has 4 N–H and O–H groups in total. The van der Waals surface area contributed by atoms with Gasteiger partial charge in [0.15, 0.2) is 0 Å². The Morgan fingerprint density at radius 3 is 1.46 bits per heavy atom. The zero-order valence-corrected chi connectivity index (χ0v) is 50.4. The van der Waals surface area contributed by atoms with Gasteiger partial charge in [0.1, 0.15) is 0 Å². The molecule has 2 amide bonds. The molecule has 0 radical (unpaired) electrons. The molecule has 4 heterocycles. The van der Waals surface area contributed by atoms with Crippen LogP contribution in [-0.2, 0) is 18.6 Å². The minimum Gasteiger partial charge on any atom is -0.405 e. The number of rotatable bonds is 14. The van der Waals surface area contributed by atoms with E-state index in [0.717, 1.165) is 94.8 Å². The van der Waals surface area contributed by atoms with E-state index in [1.54, 1.807) is 30.5 Å². The number of carbonyl (C=O) groups is 2. The number of nitrogens with zero attached hydrogens (tertiary/aromatic N) is 6. The van der Waals surface area contributed by atoms with Crippen LogP contribution in [0.3, 0.4) is 0 Å². The predicted octanol–water partition coefficient (Wildman–Crippen LogP) is 11.0. The van der Waals surface area contributed by atoms with Gasteiger partial charge in [0, 0.05) is 92.6 Å². The topological polar surface area (TPSA) is 177 Å². The summed E-state index contributed by atoms with van der Waals surface area (Å²) in [5, 5.41) is 15.7. The van der Waals surface area contributed by atoms with Crippen molar-refractivity contribution in [1.82, 2.24) is 40.4 Å². The van der Waals surface area contributed by atoms with Crippen LogP contribution in [0.5, 0.6) is 0 Å². The lowest BCUT2D eigenvalue weighted by molar-refractivity contribution is 0.00578. The Kier molecular flexibility index (Phi) is 20.0. The average molecular weight is 1170 g/mol. The van der Waals surface area contributed by atoms with Crippen molar-refractivity contribution in [3.63, 3.8) is 0 Å². The number of likely N-dealkylation sites (N-methyl/N-ethyl adjacent to an activating group) is 2. The molecule has 2 aliphatic carbocycles. The molecule has 4 aromatic carbocycles. The lowest BCUT2D eigenvalue weighted by Gasteiger charge is -2.32. The first-order valence-corrected chi connectivity index (χ1v) is 28.1. The van der Waals surface area contributed by atoms with Gasteiger partial charge in [-0.2, -0.15) is 0 Å². The molecule has 0 atom stereocenters. The molecule has 16 nitrogen and oxygen atoms in total. The number of aryl methyl sites for hydroxylation is 1. The van der Waals surface area contributed by atoms with Gasteiger partial charge in [-0.1, -0.05) is 45.2 Å². The van der Waals surface area contributed by atoms with E-state index in [1.807, 2.05) is 145 Å². The van der Waals surface area contributed by atoms with Gasteiger partial charge in [-0.05, 0) is 194 Å². The molecule has 2 saturated carbocycles. The summed E-state index contributed by atoms with van der Waals surface area (Å²) in [4.78, 5) is 45.9. The SMILES string of the molecule is CC1(C)OB(B2OC(C)(C)C(C)(C)O2)OC1(C)C.CN(C)CCNc1ncc2cc(-c3cc(C(=O)NC4CC4)ccc3Cl)ccc2n1.CN(C)CCNc1ncc2cc(Br)ccc2n1.Cc1cc(C(=O)NC2CC2)ccc1Cl. The van der Waals surface area contributed by atoms with Crippen LogP contribution in [0.25, 0.3) is 32.9 Å². The second kappa shape index (κ2) is 25.7. The average Bonchev–Trinajstić information content (AvgIpc) is 4.36. The molecular formula is C57H75B2BrCl2N10O6. The number of fused-ring (bicyclic) bond motifs is 2. The standard InChI is InChI=1S/C22H24ClN5O.C12H24B2O4.C12H15BrN4.C11H12ClNO/c1-28(2)10-9-24-22-25-13-16-11-14(4-8-20(16)27-22)18-12-15(3-7-19(18)23)21(29)26-17-5-6-17;1-9(2)10(3,4)16-13(15-9)14-17-11(5,6)12(7,8)18-14;1-17(2)6-5-14-12-15-8-9-7-10(13)3-4-11(9)16-12;1-7-6-8(2-5-10(7)12)11(14)13-9-3-4-9/h3-4,7-8,11-13,17H,5-6,9-10H2,1-2H3,(H,26,29)(H,24,25,27);1-8H3;3-4,7-8H,5-6H2,1-2H3,(H,14,15,16);2,5-6,9H,3-4H2,1H3,(H,13,14). The highest BCUT2D eigenvalue weighted by molar-refractivity contribution is 9.10. The second-order valence-corrected chi connectivity index (χ2v) is 24.5. The highest BCUT2D eigenvalue weighted by Crippen LogP contribution is 2.43. The molecule has 2 aliphatic heterocycles. The zero-order chi connectivity index (χ0) is 56.7. The molecular weight excluding hydrogens is 1090 g/mol. The van der Waals surface area contributed by atoms with Crippen molar-refractivity contribution in [3.8, 4) is 11.1 Å². The molecule has 416 valence electrons. The first kappa shape index (κ1) is 60.7. The largest absolute Gasteiger partial charge is 0.488 e. The first-order chi connectivity index (χ1) is 36.7. The molecule has 6 aromatic rings. The molecule has 2 saturated heterocycles. The molecule has 0 bridgehead atoms. The van der Waals surface area contributed by atoms with Crippen molar-refractivity contribution in [3.05, 3.63) is 116 Å². The third-order valence-electron chi connectivity index (χ3n) is 14.4. The van der Waals surface area contributed by atoms with Gasteiger partial charge in [0.05, 0.1) is 33.4 Å². The molecule has 21 heteroatoms. The Morgan fingerprint density at radius 2 is 1.03 bits per heavy atom. The summed E-state index contributed by atoms with van der Waals surface area (Å²) in [5.74, 6) is 1.25. The lowest BCUT2D eigenvalue weighted by Crippen LogP contribution is -2.41. The van der Waals surface area contributed by atoms with E-state index in [2.05, 4.69) is 66.9 Å². The molecule has 2 aromatic heterocycles. The van der Waals surface area contributed by atoms with Crippen molar-refractivity contribution >= 4 is 98.7 Å². The van der Waals surface area contributed by atoms with E-state index < -0.39 is 14.0 Å². The van der Waals surface area contributed by atoms with Gasteiger partial charge in [-0.25, -0.2) is 19.9 Å². The monoisotopic (exact) mass is 1170 g/mol. The number of benzene rings is 4. The second-order valence-electron chi connectivity index (χ2n) is 22.7. The maximum Gasteiger partial charge on any atom is 0.488 e. The normalized spacial score (nSPS) is 17.6. The van der Waals surface area contributed by atoms with Crippen LogP contribution in [0.1, 0.15) is 107 Å². The van der Waals surface area contributed by atoms with E-state index in [-0.39, 0.29) is 34.2 Å². The zero-order valence-electron chi connectivity index (χ0n) is 47.3. The Balaban J connectivity index is 0.000000157. The van der Waals surface area contributed by atoms with Crippen LogP contribution in [0.15, 0.2) is 89.7 Å². The van der Waals surface area contributed by atoms with Gasteiger partial charge < -0.3 is 49.7 Å². The van der Waals surface area contributed by atoms with Crippen LogP contribution >= 0.6 is 39.1 Å². The van der Waals surface area contributed by atoms with Gasteiger partial charge in [-0.3, -0.25) is 9.59 Å². The number of nitrogens with one attached hydrogen (secondary N) is 4. The molecule has 0 spiro atoms. The number of halogens is 3. The predicted molar refractivity (Wildman–Crippen MR) is 321 cm³/mol. The van der Waals surface area contributed by atoms with Crippen molar-refractivity contribution in [2.45, 2.75) is 122 Å². The van der Waals surface area contributed by atoms with Crippen molar-refractivity contribution < 1.29 is 28.2 Å².